The van der Waals surface area contributed by atoms with E-state index in [1.165, 1.54) is 23.1 Å². The van der Waals surface area contributed by atoms with Crippen molar-refractivity contribution in [2.24, 2.45) is 7.05 Å². The Balaban J connectivity index is 1.58. The summed E-state index contributed by atoms with van der Waals surface area (Å²) in [5.74, 6) is 1.29. The predicted molar refractivity (Wildman–Crippen MR) is 100 cm³/mol. The predicted octanol–water partition coefficient (Wildman–Crippen LogP) is 3.50. The number of aromatic nitrogens is 5. The summed E-state index contributed by atoms with van der Waals surface area (Å²) in [6.07, 6.45) is 1.73. The maximum Gasteiger partial charge on any atom is 0.258 e. The third-order valence-corrected chi connectivity index (χ3v) is 5.67. The summed E-state index contributed by atoms with van der Waals surface area (Å²) in [7, 11) is 1.91. The van der Waals surface area contributed by atoms with Gasteiger partial charge in [-0.25, -0.2) is 4.98 Å². The van der Waals surface area contributed by atoms with Crippen molar-refractivity contribution >= 4 is 39.7 Å². The molecule has 0 amide bonds. The third-order valence-electron chi connectivity index (χ3n) is 3.62. The summed E-state index contributed by atoms with van der Waals surface area (Å²) in [5, 5.41) is 11.7. The Morgan fingerprint density at radius 3 is 3.00 bits per heavy atom. The molecular formula is C16H12ClN5OS2. The van der Waals surface area contributed by atoms with Gasteiger partial charge in [-0.1, -0.05) is 35.5 Å². The van der Waals surface area contributed by atoms with E-state index < -0.39 is 0 Å². The molecule has 0 aliphatic heterocycles. The van der Waals surface area contributed by atoms with E-state index in [-0.39, 0.29) is 5.56 Å². The third kappa shape index (κ3) is 3.20. The molecule has 0 N–H and O–H groups in total. The zero-order chi connectivity index (χ0) is 17.4. The van der Waals surface area contributed by atoms with Crippen molar-refractivity contribution in [1.29, 1.82) is 0 Å². The Hall–Kier alpha value is -2.16. The largest absolute Gasteiger partial charge is 0.305 e. The molecule has 0 aliphatic carbocycles. The van der Waals surface area contributed by atoms with Gasteiger partial charge >= 0.3 is 0 Å². The van der Waals surface area contributed by atoms with Crippen LogP contribution in [0.15, 0.2) is 51.9 Å². The van der Waals surface area contributed by atoms with Crippen LogP contribution >= 0.6 is 34.7 Å². The molecule has 1 aromatic carbocycles. The smallest absolute Gasteiger partial charge is 0.258 e. The summed E-state index contributed by atoms with van der Waals surface area (Å²) in [4.78, 5) is 17.2. The molecule has 0 saturated heterocycles. The van der Waals surface area contributed by atoms with Gasteiger partial charge < -0.3 is 4.57 Å². The highest BCUT2D eigenvalue weighted by Crippen LogP contribution is 2.26. The average molecular weight is 390 g/mol. The first-order valence-electron chi connectivity index (χ1n) is 7.36. The van der Waals surface area contributed by atoms with Crippen LogP contribution in [0.3, 0.4) is 0 Å². The average Bonchev–Trinajstić information content (AvgIpc) is 3.20. The minimum atomic E-state index is -0.0700. The van der Waals surface area contributed by atoms with Crippen molar-refractivity contribution in [2.75, 3.05) is 0 Å². The number of hydrogen-bond acceptors (Lipinski definition) is 6. The van der Waals surface area contributed by atoms with Crippen LogP contribution in [-0.4, -0.2) is 24.1 Å². The van der Waals surface area contributed by atoms with E-state index in [0.29, 0.717) is 15.7 Å². The zero-order valence-electron chi connectivity index (χ0n) is 13.1. The van der Waals surface area contributed by atoms with Crippen LogP contribution in [0.5, 0.6) is 0 Å². The molecule has 3 heterocycles. The lowest BCUT2D eigenvalue weighted by atomic mass is 10.2. The first kappa shape index (κ1) is 16.3. The zero-order valence-corrected chi connectivity index (χ0v) is 15.5. The Morgan fingerprint density at radius 2 is 2.16 bits per heavy atom. The number of fused-ring (bicyclic) bond motifs is 1. The van der Waals surface area contributed by atoms with Gasteiger partial charge in [-0.2, -0.15) is 0 Å². The number of thioether (sulfide) groups is 1. The van der Waals surface area contributed by atoms with Crippen molar-refractivity contribution in [3.8, 4) is 11.4 Å². The fraction of sp³-hybridized carbons (Fsp3) is 0.125. The highest BCUT2D eigenvalue weighted by Gasteiger charge is 2.12. The maximum atomic E-state index is 12.0. The molecule has 0 spiro atoms. The van der Waals surface area contributed by atoms with Gasteiger partial charge in [0, 0.05) is 41.0 Å². The lowest BCUT2D eigenvalue weighted by Gasteiger charge is -2.04. The number of hydrogen-bond donors (Lipinski definition) is 0. The van der Waals surface area contributed by atoms with E-state index in [9.17, 15) is 4.79 Å². The Morgan fingerprint density at radius 1 is 1.28 bits per heavy atom. The molecule has 0 fully saturated rings. The quantitative estimate of drug-likeness (QED) is 0.500. The normalized spacial score (nSPS) is 11.3. The fourth-order valence-electron chi connectivity index (χ4n) is 2.42. The topological polar surface area (TPSA) is 65.1 Å². The highest BCUT2D eigenvalue weighted by atomic mass is 35.5. The van der Waals surface area contributed by atoms with E-state index >= 15 is 0 Å². The summed E-state index contributed by atoms with van der Waals surface area (Å²) >= 11 is 8.98. The summed E-state index contributed by atoms with van der Waals surface area (Å²) < 4.78 is 3.45. The first-order chi connectivity index (χ1) is 12.1. The molecule has 0 saturated carbocycles. The van der Waals surface area contributed by atoms with Crippen molar-refractivity contribution < 1.29 is 0 Å². The molecule has 0 radical (unpaired) electrons. The van der Waals surface area contributed by atoms with Gasteiger partial charge in [-0.3, -0.25) is 9.20 Å². The van der Waals surface area contributed by atoms with Gasteiger partial charge in [0.15, 0.2) is 15.9 Å². The van der Waals surface area contributed by atoms with Gasteiger partial charge in [-0.15, -0.1) is 21.5 Å². The molecule has 0 bridgehead atoms. The minimum Gasteiger partial charge on any atom is -0.305 e. The maximum absolute atomic E-state index is 12.0. The second-order valence-electron chi connectivity index (χ2n) is 5.31. The second-order valence-corrected chi connectivity index (χ2v) is 7.56. The van der Waals surface area contributed by atoms with Crippen molar-refractivity contribution in [3.63, 3.8) is 0 Å². The molecule has 4 aromatic rings. The molecular weight excluding hydrogens is 378 g/mol. The van der Waals surface area contributed by atoms with Crippen LogP contribution in [-0.2, 0) is 12.8 Å². The molecule has 0 aliphatic rings. The molecule has 126 valence electrons. The molecule has 6 nitrogen and oxygen atoms in total. The van der Waals surface area contributed by atoms with E-state index in [1.54, 1.807) is 16.7 Å². The highest BCUT2D eigenvalue weighted by molar-refractivity contribution is 7.98. The summed E-state index contributed by atoms with van der Waals surface area (Å²) in [6, 6.07) is 9.06. The number of halogens is 1. The number of rotatable bonds is 4. The van der Waals surface area contributed by atoms with Crippen molar-refractivity contribution in [3.05, 3.63) is 63.0 Å². The monoisotopic (exact) mass is 389 g/mol. The van der Waals surface area contributed by atoms with E-state index in [2.05, 4.69) is 15.2 Å². The Labute approximate surface area is 156 Å². The van der Waals surface area contributed by atoms with Crippen LogP contribution in [0.1, 0.15) is 5.69 Å². The number of nitrogens with zero attached hydrogens (tertiary/aromatic N) is 5. The van der Waals surface area contributed by atoms with Gasteiger partial charge in [0.2, 0.25) is 0 Å². The van der Waals surface area contributed by atoms with Gasteiger partial charge in [-0.05, 0) is 12.1 Å². The van der Waals surface area contributed by atoms with Crippen LogP contribution in [0, 0.1) is 0 Å². The van der Waals surface area contributed by atoms with Gasteiger partial charge in [0.05, 0.1) is 5.69 Å². The lowest BCUT2D eigenvalue weighted by molar-refractivity contribution is 0.793. The standard InChI is InChI=1S/C16H12ClN5OS2/c1-21-14(10-3-2-4-11(17)7-10)19-20-16(21)25-9-12-8-13(23)22-5-6-24-15(22)18-12/h2-8H,9H2,1H3. The van der Waals surface area contributed by atoms with Crippen molar-refractivity contribution in [1.82, 2.24) is 24.1 Å². The van der Waals surface area contributed by atoms with Crippen LogP contribution in [0.2, 0.25) is 5.02 Å². The van der Waals surface area contributed by atoms with Gasteiger partial charge in [0.1, 0.15) is 0 Å². The first-order valence-corrected chi connectivity index (χ1v) is 9.60. The summed E-state index contributed by atoms with van der Waals surface area (Å²) in [5.41, 5.74) is 1.56. The molecule has 0 atom stereocenters. The van der Waals surface area contributed by atoms with E-state index in [1.807, 2.05) is 41.3 Å². The van der Waals surface area contributed by atoms with Gasteiger partial charge in [0.25, 0.3) is 5.56 Å². The minimum absolute atomic E-state index is 0.0700. The van der Waals surface area contributed by atoms with Crippen LogP contribution in [0.4, 0.5) is 0 Å². The van der Waals surface area contributed by atoms with Crippen molar-refractivity contribution in [2.45, 2.75) is 10.9 Å². The Bertz CT molecular complexity index is 1120. The number of thiazole rings is 1. The van der Waals surface area contributed by atoms with Crippen LogP contribution in [0.25, 0.3) is 16.3 Å². The molecule has 4 rings (SSSR count). The van der Waals surface area contributed by atoms with E-state index in [0.717, 1.165) is 22.2 Å². The molecule has 9 heteroatoms. The number of benzene rings is 1. The molecule has 3 aromatic heterocycles. The Kier molecular flexibility index (Phi) is 4.32. The molecule has 25 heavy (non-hydrogen) atoms. The van der Waals surface area contributed by atoms with Crippen LogP contribution < -0.4 is 5.56 Å². The summed E-state index contributed by atoms with van der Waals surface area (Å²) in [6.45, 7) is 0. The second kappa shape index (κ2) is 6.62. The lowest BCUT2D eigenvalue weighted by Crippen LogP contribution is -2.12. The SMILES string of the molecule is Cn1c(SCc2cc(=O)n3ccsc3n2)nnc1-c1cccc(Cl)c1. The van der Waals surface area contributed by atoms with E-state index in [4.69, 9.17) is 11.6 Å². The molecule has 0 unspecified atom stereocenters. The fourth-order valence-corrected chi connectivity index (χ4v) is 4.15.